The number of esters is 1. The second kappa shape index (κ2) is 7.94. The molecular formula is C18H24O5S. The summed E-state index contributed by atoms with van der Waals surface area (Å²) in [6.07, 6.45) is 2.17. The van der Waals surface area contributed by atoms with Crippen LogP contribution in [-0.4, -0.2) is 37.5 Å². The Bertz CT molecular complexity index is 693. The molecule has 0 spiro atoms. The molecular weight excluding hydrogens is 328 g/mol. The van der Waals surface area contributed by atoms with E-state index in [1.54, 1.807) is 37.3 Å². The number of hydrogen-bond donors (Lipinski definition) is 1. The Kier molecular flexibility index (Phi) is 6.18. The molecule has 0 unspecified atom stereocenters. The first-order valence-electron chi connectivity index (χ1n) is 8.12. The maximum atomic E-state index is 12.2. The van der Waals surface area contributed by atoms with Gasteiger partial charge in [-0.05, 0) is 37.5 Å². The normalized spacial score (nSPS) is 23.6. The molecule has 0 saturated carbocycles. The Labute approximate surface area is 143 Å². The van der Waals surface area contributed by atoms with Crippen molar-refractivity contribution in [1.82, 2.24) is 0 Å². The summed E-state index contributed by atoms with van der Waals surface area (Å²) in [5.41, 5.74) is 0.573. The van der Waals surface area contributed by atoms with E-state index in [1.807, 2.05) is 6.92 Å². The molecule has 1 saturated heterocycles. The summed E-state index contributed by atoms with van der Waals surface area (Å²) in [5, 5.41) is 10.2. The molecule has 3 atom stereocenters. The summed E-state index contributed by atoms with van der Waals surface area (Å²) < 4.78 is 29.8. The Morgan fingerprint density at radius 3 is 2.62 bits per heavy atom. The van der Waals surface area contributed by atoms with Crippen LogP contribution in [0.25, 0.3) is 0 Å². The third kappa shape index (κ3) is 4.92. The summed E-state index contributed by atoms with van der Waals surface area (Å²) in [6.45, 7) is 3.52. The van der Waals surface area contributed by atoms with Crippen LogP contribution in [-0.2, 0) is 19.4 Å². The van der Waals surface area contributed by atoms with Gasteiger partial charge in [-0.3, -0.25) is 4.79 Å². The highest BCUT2D eigenvalue weighted by Crippen LogP contribution is 2.24. The van der Waals surface area contributed by atoms with Gasteiger partial charge in [0, 0.05) is 6.42 Å². The molecule has 1 N–H and O–H groups in total. The number of carbonyl (C=O) groups excluding carboxylic acids is 1. The first-order valence-corrected chi connectivity index (χ1v) is 9.78. The van der Waals surface area contributed by atoms with E-state index in [0.29, 0.717) is 12.0 Å². The number of benzene rings is 1. The van der Waals surface area contributed by atoms with Crippen molar-refractivity contribution in [2.45, 2.75) is 50.2 Å². The van der Waals surface area contributed by atoms with Crippen molar-refractivity contribution in [2.24, 2.45) is 5.92 Å². The maximum Gasteiger partial charge on any atom is 0.308 e. The first-order chi connectivity index (χ1) is 11.3. The van der Waals surface area contributed by atoms with Gasteiger partial charge in [-0.15, -0.1) is 0 Å². The number of ether oxygens (including phenoxy) is 1. The Hall–Kier alpha value is -1.66. The SMILES string of the molecule is C/C(=C\CS(=O)(=O)c1ccccc1)[C@@H](O)C[C@@H]1CC[C@@H](C)C(=O)O1. The molecule has 6 heteroatoms. The summed E-state index contributed by atoms with van der Waals surface area (Å²) in [5.74, 6) is -0.487. The zero-order chi connectivity index (χ0) is 17.7. The predicted octanol–water partition coefficient (Wildman–Crippen LogP) is 2.50. The molecule has 0 bridgehead atoms. The molecule has 0 radical (unpaired) electrons. The molecule has 1 aliphatic heterocycles. The van der Waals surface area contributed by atoms with E-state index in [-0.39, 0.29) is 28.6 Å². The minimum absolute atomic E-state index is 0.0916. The molecule has 24 heavy (non-hydrogen) atoms. The van der Waals surface area contributed by atoms with Crippen LogP contribution in [0.5, 0.6) is 0 Å². The molecule has 0 amide bonds. The lowest BCUT2D eigenvalue weighted by molar-refractivity contribution is -0.160. The van der Waals surface area contributed by atoms with Gasteiger partial charge >= 0.3 is 5.97 Å². The van der Waals surface area contributed by atoms with Crippen LogP contribution in [0.1, 0.15) is 33.1 Å². The van der Waals surface area contributed by atoms with Crippen molar-refractivity contribution in [2.75, 3.05) is 5.75 Å². The van der Waals surface area contributed by atoms with Gasteiger partial charge in [-0.2, -0.15) is 0 Å². The van der Waals surface area contributed by atoms with Crippen molar-refractivity contribution in [3.63, 3.8) is 0 Å². The molecule has 1 heterocycles. The predicted molar refractivity (Wildman–Crippen MR) is 91.2 cm³/mol. The highest BCUT2D eigenvalue weighted by Gasteiger charge is 2.28. The van der Waals surface area contributed by atoms with Gasteiger partial charge in [-0.25, -0.2) is 8.42 Å². The molecule has 1 fully saturated rings. The van der Waals surface area contributed by atoms with Crippen molar-refractivity contribution < 1.29 is 23.1 Å². The van der Waals surface area contributed by atoms with Gasteiger partial charge in [0.25, 0.3) is 0 Å². The second-order valence-electron chi connectivity index (χ2n) is 6.33. The quantitative estimate of drug-likeness (QED) is 0.628. The van der Waals surface area contributed by atoms with E-state index in [0.717, 1.165) is 12.8 Å². The minimum atomic E-state index is -3.41. The van der Waals surface area contributed by atoms with Crippen LogP contribution < -0.4 is 0 Å². The minimum Gasteiger partial charge on any atom is -0.462 e. The van der Waals surface area contributed by atoms with Crippen LogP contribution in [0.3, 0.4) is 0 Å². The van der Waals surface area contributed by atoms with E-state index in [2.05, 4.69) is 0 Å². The standard InChI is InChI=1S/C18H24O5S/c1-13(10-11-24(21,22)16-6-4-3-5-7-16)17(19)12-15-9-8-14(2)18(20)23-15/h3-7,10,14-15,17,19H,8-9,11-12H2,1-2H3/b13-10+/t14-,15+,17+/m1/s1. The van der Waals surface area contributed by atoms with Gasteiger partial charge < -0.3 is 9.84 Å². The number of hydrogen-bond acceptors (Lipinski definition) is 5. The van der Waals surface area contributed by atoms with Gasteiger partial charge in [0.1, 0.15) is 6.10 Å². The number of cyclic esters (lactones) is 1. The van der Waals surface area contributed by atoms with Crippen LogP contribution in [0.2, 0.25) is 0 Å². The van der Waals surface area contributed by atoms with Gasteiger partial charge in [0.05, 0.1) is 22.7 Å². The van der Waals surface area contributed by atoms with Gasteiger partial charge in [-0.1, -0.05) is 31.2 Å². The average molecular weight is 352 g/mol. The fourth-order valence-electron chi connectivity index (χ4n) is 2.60. The smallest absolute Gasteiger partial charge is 0.308 e. The lowest BCUT2D eigenvalue weighted by Gasteiger charge is -2.27. The lowest BCUT2D eigenvalue weighted by Crippen LogP contribution is -2.32. The molecule has 132 valence electrons. The van der Waals surface area contributed by atoms with Gasteiger partial charge in [0.2, 0.25) is 0 Å². The van der Waals surface area contributed by atoms with Crippen molar-refractivity contribution in [3.05, 3.63) is 42.0 Å². The molecule has 2 rings (SSSR count). The summed E-state index contributed by atoms with van der Waals surface area (Å²) in [7, 11) is -3.41. The fraction of sp³-hybridized carbons (Fsp3) is 0.500. The molecule has 1 aliphatic rings. The number of aliphatic hydroxyl groups excluding tert-OH is 1. The topological polar surface area (TPSA) is 80.7 Å². The average Bonchev–Trinajstić information content (AvgIpc) is 2.57. The fourth-order valence-corrected chi connectivity index (χ4v) is 3.84. The highest BCUT2D eigenvalue weighted by molar-refractivity contribution is 7.91. The Morgan fingerprint density at radius 2 is 2.00 bits per heavy atom. The molecule has 5 nitrogen and oxygen atoms in total. The zero-order valence-electron chi connectivity index (χ0n) is 14.0. The Balaban J connectivity index is 1.94. The first kappa shape index (κ1) is 18.7. The van der Waals surface area contributed by atoms with Crippen molar-refractivity contribution in [1.29, 1.82) is 0 Å². The Morgan fingerprint density at radius 1 is 1.33 bits per heavy atom. The largest absolute Gasteiger partial charge is 0.462 e. The van der Waals surface area contributed by atoms with Crippen molar-refractivity contribution in [3.8, 4) is 0 Å². The van der Waals surface area contributed by atoms with E-state index in [1.165, 1.54) is 6.08 Å². The molecule has 0 aliphatic carbocycles. The van der Waals surface area contributed by atoms with Crippen LogP contribution in [0.4, 0.5) is 0 Å². The number of sulfone groups is 1. The number of carbonyl (C=O) groups is 1. The summed E-state index contributed by atoms with van der Waals surface area (Å²) >= 11 is 0. The van der Waals surface area contributed by atoms with Crippen molar-refractivity contribution >= 4 is 15.8 Å². The summed E-state index contributed by atoms with van der Waals surface area (Å²) in [4.78, 5) is 11.8. The third-order valence-electron chi connectivity index (χ3n) is 4.35. The third-order valence-corrected chi connectivity index (χ3v) is 5.94. The van der Waals surface area contributed by atoms with E-state index >= 15 is 0 Å². The molecule has 1 aromatic carbocycles. The van der Waals surface area contributed by atoms with Crippen LogP contribution >= 0.6 is 0 Å². The van der Waals surface area contributed by atoms with E-state index in [9.17, 15) is 18.3 Å². The number of aliphatic hydroxyl groups is 1. The second-order valence-corrected chi connectivity index (χ2v) is 8.37. The van der Waals surface area contributed by atoms with Crippen LogP contribution in [0.15, 0.2) is 46.9 Å². The molecule has 1 aromatic rings. The summed E-state index contributed by atoms with van der Waals surface area (Å²) in [6, 6.07) is 8.22. The van der Waals surface area contributed by atoms with Gasteiger partial charge in [0.15, 0.2) is 9.84 Å². The lowest BCUT2D eigenvalue weighted by atomic mass is 9.95. The van der Waals surface area contributed by atoms with Crippen LogP contribution in [0, 0.1) is 5.92 Å². The maximum absolute atomic E-state index is 12.2. The molecule has 0 aromatic heterocycles. The monoisotopic (exact) mass is 352 g/mol. The zero-order valence-corrected chi connectivity index (χ0v) is 14.8. The highest BCUT2D eigenvalue weighted by atomic mass is 32.2. The van der Waals surface area contributed by atoms with E-state index in [4.69, 9.17) is 4.74 Å². The van der Waals surface area contributed by atoms with E-state index < -0.39 is 15.9 Å². The number of rotatable bonds is 6.